The van der Waals surface area contributed by atoms with Crippen molar-refractivity contribution in [1.29, 1.82) is 0 Å². The maximum absolute atomic E-state index is 12.3. The van der Waals surface area contributed by atoms with Gasteiger partial charge < -0.3 is 14.7 Å². The number of aliphatic imine (C=N–C) groups is 1. The van der Waals surface area contributed by atoms with Gasteiger partial charge >= 0.3 is 0 Å². The summed E-state index contributed by atoms with van der Waals surface area (Å²) in [6.45, 7) is 0.387. The van der Waals surface area contributed by atoms with Crippen LogP contribution in [0.15, 0.2) is 72.0 Å². The average molecular weight is 375 g/mol. The van der Waals surface area contributed by atoms with Crippen LogP contribution in [0.1, 0.15) is 15.9 Å². The summed E-state index contributed by atoms with van der Waals surface area (Å²) in [5, 5.41) is 9.94. The van der Waals surface area contributed by atoms with Crippen LogP contribution in [0.2, 0.25) is 0 Å². The molecule has 0 aliphatic rings. The van der Waals surface area contributed by atoms with E-state index < -0.39 is 5.91 Å². The van der Waals surface area contributed by atoms with Crippen molar-refractivity contribution in [3.05, 3.63) is 78.1 Å². The van der Waals surface area contributed by atoms with Crippen LogP contribution in [0, 0.1) is 0 Å². The topological polar surface area (TPSA) is 75.0 Å². The number of ether oxygens (including phenoxy) is 1. The second-order valence-electron chi connectivity index (χ2n) is 6.43. The number of aromatic hydroxyl groups is 1. The molecule has 2 aromatic carbocycles. The summed E-state index contributed by atoms with van der Waals surface area (Å²) in [7, 11) is 3.57. The van der Waals surface area contributed by atoms with Gasteiger partial charge in [0.05, 0.1) is 11.9 Å². The highest BCUT2D eigenvalue weighted by Crippen LogP contribution is 2.33. The Bertz CT molecular complexity index is 985. The van der Waals surface area contributed by atoms with E-state index in [1.54, 1.807) is 49.5 Å². The van der Waals surface area contributed by atoms with Crippen molar-refractivity contribution in [2.24, 2.45) is 4.99 Å². The highest BCUT2D eigenvalue weighted by Gasteiger charge is 2.12. The molecule has 0 radical (unpaired) electrons. The highest BCUT2D eigenvalue weighted by molar-refractivity contribution is 5.99. The third-order valence-electron chi connectivity index (χ3n) is 3.90. The molecule has 0 saturated carbocycles. The van der Waals surface area contributed by atoms with Crippen molar-refractivity contribution in [2.45, 2.75) is 6.61 Å². The van der Waals surface area contributed by atoms with E-state index in [4.69, 9.17) is 4.74 Å². The monoisotopic (exact) mass is 375 g/mol. The minimum atomic E-state index is -0.394. The average Bonchev–Trinajstić information content (AvgIpc) is 2.72. The van der Waals surface area contributed by atoms with Crippen molar-refractivity contribution >= 4 is 12.2 Å². The fraction of sp³-hybridized carbons (Fsp3) is 0.136. The van der Waals surface area contributed by atoms with Crippen LogP contribution < -0.4 is 4.74 Å². The van der Waals surface area contributed by atoms with Crippen molar-refractivity contribution < 1.29 is 14.6 Å². The molecule has 1 N–H and O–H groups in total. The number of hydrogen-bond acceptors (Lipinski definition) is 4. The molecule has 0 fully saturated rings. The quantitative estimate of drug-likeness (QED) is 0.524. The van der Waals surface area contributed by atoms with Gasteiger partial charge in [-0.25, -0.2) is 0 Å². The predicted octanol–water partition coefficient (Wildman–Crippen LogP) is 3.76. The summed E-state index contributed by atoms with van der Waals surface area (Å²) < 4.78 is 5.95. The van der Waals surface area contributed by atoms with Gasteiger partial charge in [-0.15, -0.1) is 0 Å². The number of carbonyl (C=O) groups excluding carboxylic acids is 1. The standard InChI is InChI=1S/C22H21N3O3/c1-25(2)15-24-22(27)18-10-17(12-23-13-18)20-11-19(26)8-9-21(20)28-14-16-6-4-3-5-7-16/h3-13,15,26H,14H2,1-2H3/b24-15+. The summed E-state index contributed by atoms with van der Waals surface area (Å²) in [4.78, 5) is 22.0. The smallest absolute Gasteiger partial charge is 0.279 e. The zero-order valence-electron chi connectivity index (χ0n) is 15.7. The van der Waals surface area contributed by atoms with Crippen LogP contribution >= 0.6 is 0 Å². The van der Waals surface area contributed by atoms with E-state index in [1.807, 2.05) is 30.3 Å². The van der Waals surface area contributed by atoms with Gasteiger partial charge in [0.1, 0.15) is 18.1 Å². The van der Waals surface area contributed by atoms with Crippen molar-refractivity contribution in [1.82, 2.24) is 9.88 Å². The van der Waals surface area contributed by atoms with Crippen LogP contribution in [0.3, 0.4) is 0 Å². The summed E-state index contributed by atoms with van der Waals surface area (Å²) in [6, 6.07) is 16.3. The third kappa shape index (κ3) is 4.94. The first kappa shape index (κ1) is 19.1. The first-order chi connectivity index (χ1) is 13.5. The highest BCUT2D eigenvalue weighted by atomic mass is 16.5. The van der Waals surface area contributed by atoms with Gasteiger partial charge in [0.15, 0.2) is 0 Å². The number of pyridine rings is 1. The fourth-order valence-corrected chi connectivity index (χ4v) is 2.55. The molecule has 0 atom stereocenters. The van der Waals surface area contributed by atoms with Crippen LogP contribution in [0.4, 0.5) is 0 Å². The summed E-state index contributed by atoms with van der Waals surface area (Å²) >= 11 is 0. The lowest BCUT2D eigenvalue weighted by atomic mass is 10.0. The first-order valence-corrected chi connectivity index (χ1v) is 8.73. The molecule has 0 aliphatic heterocycles. The zero-order valence-corrected chi connectivity index (χ0v) is 15.7. The van der Waals surface area contributed by atoms with Gasteiger partial charge in [-0.3, -0.25) is 9.78 Å². The van der Waals surface area contributed by atoms with E-state index in [-0.39, 0.29) is 5.75 Å². The predicted molar refractivity (Wildman–Crippen MR) is 109 cm³/mol. The van der Waals surface area contributed by atoms with Gasteiger partial charge in [0, 0.05) is 37.6 Å². The third-order valence-corrected chi connectivity index (χ3v) is 3.90. The number of aromatic nitrogens is 1. The minimum absolute atomic E-state index is 0.101. The molecule has 0 saturated heterocycles. The van der Waals surface area contributed by atoms with E-state index in [2.05, 4.69) is 9.98 Å². The molecule has 3 rings (SSSR count). The molecule has 0 aliphatic carbocycles. The molecular formula is C22H21N3O3. The SMILES string of the molecule is CN(C)/C=N/C(=O)c1cncc(-c2cc(O)ccc2OCc2ccccc2)c1. The molecule has 142 valence electrons. The van der Waals surface area contributed by atoms with Crippen LogP contribution in [0.25, 0.3) is 11.1 Å². The Morgan fingerprint density at radius 1 is 1.14 bits per heavy atom. The van der Waals surface area contributed by atoms with Gasteiger partial charge in [-0.05, 0) is 29.8 Å². The number of hydrogen-bond donors (Lipinski definition) is 1. The van der Waals surface area contributed by atoms with E-state index in [0.29, 0.717) is 29.0 Å². The lowest BCUT2D eigenvalue weighted by Crippen LogP contribution is -2.10. The van der Waals surface area contributed by atoms with Gasteiger partial charge in [-0.1, -0.05) is 30.3 Å². The van der Waals surface area contributed by atoms with Gasteiger partial charge in [0.25, 0.3) is 5.91 Å². The second kappa shape index (κ2) is 8.81. The molecule has 0 spiro atoms. The van der Waals surface area contributed by atoms with Crippen molar-refractivity contribution in [3.63, 3.8) is 0 Å². The second-order valence-corrected chi connectivity index (χ2v) is 6.43. The van der Waals surface area contributed by atoms with Crippen LogP contribution in [0.5, 0.6) is 11.5 Å². The summed E-state index contributed by atoms with van der Waals surface area (Å²) in [5.74, 6) is 0.296. The molecule has 1 heterocycles. The molecule has 6 heteroatoms. The largest absolute Gasteiger partial charge is 0.508 e. The summed E-state index contributed by atoms with van der Waals surface area (Å²) in [6.07, 6.45) is 4.53. The van der Waals surface area contributed by atoms with Crippen molar-refractivity contribution in [3.8, 4) is 22.6 Å². The molecule has 28 heavy (non-hydrogen) atoms. The number of carbonyl (C=O) groups is 1. The minimum Gasteiger partial charge on any atom is -0.508 e. The number of nitrogens with zero attached hydrogens (tertiary/aromatic N) is 3. The molecule has 1 aromatic heterocycles. The van der Waals surface area contributed by atoms with Gasteiger partial charge in [0.2, 0.25) is 0 Å². The summed E-state index contributed by atoms with van der Waals surface area (Å²) in [5.41, 5.74) is 2.69. The number of rotatable bonds is 6. The number of phenolic OH excluding ortho intramolecular Hbond substituents is 1. The Balaban J connectivity index is 1.89. The Kier molecular flexibility index (Phi) is 6.01. The Morgan fingerprint density at radius 3 is 2.68 bits per heavy atom. The van der Waals surface area contributed by atoms with E-state index >= 15 is 0 Å². The number of phenols is 1. The first-order valence-electron chi connectivity index (χ1n) is 8.73. The number of amides is 1. The van der Waals surface area contributed by atoms with Crippen LogP contribution in [-0.2, 0) is 6.61 Å². The fourth-order valence-electron chi connectivity index (χ4n) is 2.55. The molecule has 6 nitrogen and oxygen atoms in total. The maximum atomic E-state index is 12.3. The van der Waals surface area contributed by atoms with E-state index in [9.17, 15) is 9.90 Å². The molecule has 3 aromatic rings. The normalized spacial score (nSPS) is 10.8. The molecule has 1 amide bonds. The lowest BCUT2D eigenvalue weighted by molar-refractivity contribution is 0.100. The molecule has 0 bridgehead atoms. The van der Waals surface area contributed by atoms with Crippen molar-refractivity contribution in [2.75, 3.05) is 14.1 Å². The van der Waals surface area contributed by atoms with E-state index in [0.717, 1.165) is 5.56 Å². The van der Waals surface area contributed by atoms with E-state index in [1.165, 1.54) is 12.5 Å². The number of benzene rings is 2. The lowest BCUT2D eigenvalue weighted by Gasteiger charge is -2.13. The Morgan fingerprint density at radius 2 is 1.93 bits per heavy atom. The van der Waals surface area contributed by atoms with Crippen LogP contribution in [-0.4, -0.2) is 41.3 Å². The maximum Gasteiger partial charge on any atom is 0.279 e. The molecular weight excluding hydrogens is 354 g/mol. The Labute approximate surface area is 163 Å². The molecule has 0 unspecified atom stereocenters. The zero-order chi connectivity index (χ0) is 19.9. The van der Waals surface area contributed by atoms with Gasteiger partial charge in [-0.2, -0.15) is 4.99 Å². The Hall–Kier alpha value is -3.67.